The predicted octanol–water partition coefficient (Wildman–Crippen LogP) is 3.71. The minimum atomic E-state index is -4.73. The molecule has 0 saturated carbocycles. The lowest BCUT2D eigenvalue weighted by Crippen LogP contribution is -2.17. The highest BCUT2D eigenvalue weighted by molar-refractivity contribution is 5.68. The Morgan fingerprint density at radius 2 is 2.05 bits per heavy atom. The van der Waals surface area contributed by atoms with E-state index in [1.165, 1.54) is 30.6 Å². The van der Waals surface area contributed by atoms with Crippen molar-refractivity contribution in [3.8, 4) is 22.9 Å². The van der Waals surface area contributed by atoms with Crippen LogP contribution in [0, 0.1) is 11.3 Å². The van der Waals surface area contributed by atoms with Crippen molar-refractivity contribution in [1.29, 1.82) is 5.26 Å². The zero-order chi connectivity index (χ0) is 14.6. The number of nitriles is 1. The third-order valence-electron chi connectivity index (χ3n) is 2.56. The fourth-order valence-corrected chi connectivity index (χ4v) is 1.78. The van der Waals surface area contributed by atoms with Crippen LogP contribution in [0.1, 0.15) is 5.56 Å². The largest absolute Gasteiger partial charge is 0.573 e. The number of hydrogen-bond donors (Lipinski definition) is 0. The minimum Gasteiger partial charge on any atom is -0.406 e. The van der Waals surface area contributed by atoms with Crippen molar-refractivity contribution in [2.75, 3.05) is 0 Å². The van der Waals surface area contributed by atoms with E-state index in [-0.39, 0.29) is 12.2 Å². The molecule has 1 aromatic heterocycles. The van der Waals surface area contributed by atoms with Gasteiger partial charge in [-0.1, -0.05) is 12.1 Å². The van der Waals surface area contributed by atoms with Gasteiger partial charge in [0.1, 0.15) is 5.75 Å². The molecule has 0 bridgehead atoms. The van der Waals surface area contributed by atoms with E-state index in [1.807, 2.05) is 6.07 Å². The number of halogens is 3. The normalized spacial score (nSPS) is 10.9. The molecule has 102 valence electrons. The molecule has 0 saturated heterocycles. The van der Waals surface area contributed by atoms with E-state index in [0.29, 0.717) is 16.7 Å². The Kier molecular flexibility index (Phi) is 3.89. The van der Waals surface area contributed by atoms with Crippen molar-refractivity contribution in [2.24, 2.45) is 0 Å². The van der Waals surface area contributed by atoms with E-state index in [4.69, 9.17) is 5.26 Å². The lowest BCUT2D eigenvalue weighted by Gasteiger charge is -2.11. The lowest BCUT2D eigenvalue weighted by molar-refractivity contribution is -0.274. The van der Waals surface area contributed by atoms with Gasteiger partial charge >= 0.3 is 6.36 Å². The Balaban J connectivity index is 2.39. The molecule has 0 amide bonds. The summed E-state index contributed by atoms with van der Waals surface area (Å²) in [5.74, 6) is -0.304. The molecule has 6 heteroatoms. The summed E-state index contributed by atoms with van der Waals surface area (Å²) in [5, 5.41) is 8.75. The molecule has 0 spiro atoms. The summed E-state index contributed by atoms with van der Waals surface area (Å²) in [6.45, 7) is 0. The second-order valence-electron chi connectivity index (χ2n) is 3.94. The zero-order valence-electron chi connectivity index (χ0n) is 10.2. The third-order valence-corrected chi connectivity index (χ3v) is 2.56. The van der Waals surface area contributed by atoms with Crippen LogP contribution < -0.4 is 4.74 Å². The molecule has 0 aliphatic carbocycles. The van der Waals surface area contributed by atoms with Gasteiger partial charge in [0.25, 0.3) is 0 Å². The molecular formula is C14H9F3N2O. The standard InChI is InChI=1S/C14H9F3N2O/c15-14(16,17)20-12-3-1-2-11(8-12)13-9-19-7-5-10(13)4-6-18/h1-3,5,7-9H,4H2. The molecular weight excluding hydrogens is 269 g/mol. The topological polar surface area (TPSA) is 45.9 Å². The van der Waals surface area contributed by atoms with E-state index in [9.17, 15) is 13.2 Å². The molecule has 0 aliphatic rings. The van der Waals surface area contributed by atoms with Gasteiger partial charge in [-0.15, -0.1) is 13.2 Å². The fourth-order valence-electron chi connectivity index (χ4n) is 1.78. The Bertz CT molecular complexity index is 647. The quantitative estimate of drug-likeness (QED) is 0.859. The smallest absolute Gasteiger partial charge is 0.406 e. The SMILES string of the molecule is N#CCc1ccncc1-c1cccc(OC(F)(F)F)c1. The summed E-state index contributed by atoms with van der Waals surface area (Å²) >= 11 is 0. The summed E-state index contributed by atoms with van der Waals surface area (Å²) in [4.78, 5) is 3.94. The van der Waals surface area contributed by atoms with Crippen molar-refractivity contribution in [1.82, 2.24) is 4.98 Å². The Hall–Kier alpha value is -2.55. The number of alkyl halides is 3. The van der Waals surface area contributed by atoms with Gasteiger partial charge in [0.2, 0.25) is 0 Å². The van der Waals surface area contributed by atoms with Gasteiger partial charge in [0.05, 0.1) is 12.5 Å². The molecule has 0 fully saturated rings. The van der Waals surface area contributed by atoms with E-state index in [0.717, 1.165) is 0 Å². The maximum atomic E-state index is 12.2. The van der Waals surface area contributed by atoms with Crippen molar-refractivity contribution in [2.45, 2.75) is 12.8 Å². The molecule has 2 aromatic rings. The number of benzene rings is 1. The maximum absolute atomic E-state index is 12.2. The molecule has 0 atom stereocenters. The van der Waals surface area contributed by atoms with Crippen molar-refractivity contribution in [3.63, 3.8) is 0 Å². The Morgan fingerprint density at radius 1 is 1.25 bits per heavy atom. The van der Waals surface area contributed by atoms with Crippen LogP contribution in [0.3, 0.4) is 0 Å². The number of aromatic nitrogens is 1. The highest BCUT2D eigenvalue weighted by Crippen LogP contribution is 2.29. The van der Waals surface area contributed by atoms with Crippen LogP contribution in [0.5, 0.6) is 5.75 Å². The van der Waals surface area contributed by atoms with E-state index in [1.54, 1.807) is 12.1 Å². The van der Waals surface area contributed by atoms with Crippen LogP contribution in [0.4, 0.5) is 13.2 Å². The third kappa shape index (κ3) is 3.48. The van der Waals surface area contributed by atoms with Gasteiger partial charge in [-0.25, -0.2) is 0 Å². The van der Waals surface area contributed by atoms with E-state index < -0.39 is 6.36 Å². The van der Waals surface area contributed by atoms with Gasteiger partial charge in [-0.05, 0) is 29.3 Å². The average Bonchev–Trinajstić information content (AvgIpc) is 2.38. The number of hydrogen-bond acceptors (Lipinski definition) is 3. The highest BCUT2D eigenvalue weighted by Gasteiger charge is 2.31. The van der Waals surface area contributed by atoms with Gasteiger partial charge in [-0.3, -0.25) is 4.98 Å². The summed E-state index contributed by atoms with van der Waals surface area (Å²) in [7, 11) is 0. The van der Waals surface area contributed by atoms with Crippen molar-refractivity contribution in [3.05, 3.63) is 48.3 Å². The molecule has 1 aromatic carbocycles. The van der Waals surface area contributed by atoms with Crippen molar-refractivity contribution >= 4 is 0 Å². The average molecular weight is 278 g/mol. The number of nitrogens with zero attached hydrogens (tertiary/aromatic N) is 2. The first-order chi connectivity index (χ1) is 9.49. The van der Waals surface area contributed by atoms with Gasteiger partial charge in [0.15, 0.2) is 0 Å². The Morgan fingerprint density at radius 3 is 2.75 bits per heavy atom. The number of pyridine rings is 1. The van der Waals surface area contributed by atoms with E-state index >= 15 is 0 Å². The summed E-state index contributed by atoms with van der Waals surface area (Å²) in [6.07, 6.45) is -1.53. The molecule has 0 aliphatic heterocycles. The summed E-state index contributed by atoms with van der Waals surface area (Å²) in [5.41, 5.74) is 1.83. The Labute approximate surface area is 113 Å². The summed E-state index contributed by atoms with van der Waals surface area (Å²) in [6, 6.07) is 9.26. The van der Waals surface area contributed by atoms with E-state index in [2.05, 4.69) is 9.72 Å². The predicted molar refractivity (Wildman–Crippen MR) is 65.7 cm³/mol. The second kappa shape index (κ2) is 5.61. The van der Waals surface area contributed by atoms with Crippen LogP contribution >= 0.6 is 0 Å². The van der Waals surface area contributed by atoms with Crippen LogP contribution in [-0.4, -0.2) is 11.3 Å². The molecule has 2 rings (SSSR count). The minimum absolute atomic E-state index is 0.155. The molecule has 1 heterocycles. The molecule has 0 radical (unpaired) electrons. The first-order valence-corrected chi connectivity index (χ1v) is 5.65. The molecule has 3 nitrogen and oxygen atoms in total. The van der Waals surface area contributed by atoms with Crippen LogP contribution in [0.15, 0.2) is 42.7 Å². The zero-order valence-corrected chi connectivity index (χ0v) is 10.2. The first kappa shape index (κ1) is 13.9. The highest BCUT2D eigenvalue weighted by atomic mass is 19.4. The number of rotatable bonds is 3. The molecule has 20 heavy (non-hydrogen) atoms. The van der Waals surface area contributed by atoms with Crippen LogP contribution in [0.2, 0.25) is 0 Å². The first-order valence-electron chi connectivity index (χ1n) is 5.65. The van der Waals surface area contributed by atoms with Gasteiger partial charge < -0.3 is 4.74 Å². The lowest BCUT2D eigenvalue weighted by atomic mass is 10.0. The van der Waals surface area contributed by atoms with Crippen molar-refractivity contribution < 1.29 is 17.9 Å². The number of ether oxygens (including phenoxy) is 1. The van der Waals surface area contributed by atoms with Gasteiger partial charge in [0, 0.05) is 18.0 Å². The molecule has 0 unspecified atom stereocenters. The van der Waals surface area contributed by atoms with Crippen LogP contribution in [-0.2, 0) is 6.42 Å². The van der Waals surface area contributed by atoms with Crippen LogP contribution in [0.25, 0.3) is 11.1 Å². The maximum Gasteiger partial charge on any atom is 0.573 e. The fraction of sp³-hybridized carbons (Fsp3) is 0.143. The second-order valence-corrected chi connectivity index (χ2v) is 3.94. The monoisotopic (exact) mass is 278 g/mol. The molecule has 0 N–H and O–H groups in total. The van der Waals surface area contributed by atoms with Gasteiger partial charge in [-0.2, -0.15) is 5.26 Å². The summed E-state index contributed by atoms with van der Waals surface area (Å²) < 4.78 is 40.5.